The topological polar surface area (TPSA) is 152 Å². The first-order chi connectivity index (χ1) is 19.3. The van der Waals surface area contributed by atoms with Crippen molar-refractivity contribution in [3.63, 3.8) is 0 Å². The molecule has 0 spiro atoms. The Morgan fingerprint density at radius 3 is 2.20 bits per heavy atom. The Morgan fingerprint density at radius 1 is 1.02 bits per heavy atom. The zero-order chi connectivity index (χ0) is 29.8. The molecule has 3 heterocycles. The summed E-state index contributed by atoms with van der Waals surface area (Å²) in [5, 5.41) is 16.7. The van der Waals surface area contributed by atoms with Crippen molar-refractivity contribution in [2.45, 2.75) is 17.1 Å². The van der Waals surface area contributed by atoms with E-state index in [2.05, 4.69) is 14.5 Å². The average Bonchev–Trinajstić information content (AvgIpc) is 3.37. The molecule has 1 aromatic carbocycles. The summed E-state index contributed by atoms with van der Waals surface area (Å²) in [5.74, 6) is -0.257. The number of rotatable bonds is 9. The van der Waals surface area contributed by atoms with Crippen LogP contribution < -0.4 is 14.8 Å². The second-order valence-electron chi connectivity index (χ2n) is 9.46. The first-order valence-electron chi connectivity index (χ1n) is 12.6. The van der Waals surface area contributed by atoms with Crippen molar-refractivity contribution in [3.8, 4) is 5.75 Å². The number of amides is 1. The van der Waals surface area contributed by atoms with Crippen LogP contribution in [0.5, 0.6) is 5.75 Å². The summed E-state index contributed by atoms with van der Waals surface area (Å²) in [5.41, 5.74) is 0.532. The summed E-state index contributed by atoms with van der Waals surface area (Å²) in [6.45, 7) is 5.34. The molecule has 2 saturated heterocycles. The zero-order valence-corrected chi connectivity index (χ0v) is 23.4. The van der Waals surface area contributed by atoms with Gasteiger partial charge < -0.3 is 19.3 Å². The minimum absolute atomic E-state index is 0.179. The minimum Gasteiger partial charge on any atom is -0.448 e. The summed E-state index contributed by atoms with van der Waals surface area (Å²) in [7, 11) is -4.08. The number of piperazine rings is 2. The van der Waals surface area contributed by atoms with Crippen LogP contribution in [0.2, 0.25) is 0 Å². The molecular weight excluding hydrogens is 593 g/mol. The largest absolute Gasteiger partial charge is 0.573 e. The Balaban J connectivity index is 1.15. The number of primary sulfonamides is 1. The molecule has 2 N–H and O–H groups in total. The van der Waals surface area contributed by atoms with Gasteiger partial charge in [-0.1, -0.05) is 23.5 Å². The number of nitrogens with zero attached hydrogens (tertiary/aromatic N) is 5. The summed E-state index contributed by atoms with van der Waals surface area (Å²) >= 11 is 0.728. The Hall–Kier alpha value is -3.19. The summed E-state index contributed by atoms with van der Waals surface area (Å²) in [6, 6.07) is 6.75. The normalized spacial score (nSPS) is 17.5. The van der Waals surface area contributed by atoms with Crippen LogP contribution in [0.3, 0.4) is 0 Å². The fraction of sp³-hybridized carbons (Fsp3) is 0.522. The van der Waals surface area contributed by atoms with Crippen LogP contribution in [0, 0.1) is 10.1 Å². The second-order valence-corrected chi connectivity index (χ2v) is 12.3. The fourth-order valence-electron chi connectivity index (χ4n) is 4.52. The number of carbonyl (C=O) groups is 1. The third-order valence-corrected chi connectivity index (χ3v) is 9.24. The van der Waals surface area contributed by atoms with E-state index in [1.807, 2.05) is 0 Å². The Kier molecular flexibility index (Phi) is 9.58. The van der Waals surface area contributed by atoms with Crippen LogP contribution >= 0.6 is 11.3 Å². The van der Waals surface area contributed by atoms with Crippen LogP contribution in [0.25, 0.3) is 0 Å². The second kappa shape index (κ2) is 12.8. The van der Waals surface area contributed by atoms with Crippen LogP contribution in [0.1, 0.15) is 5.56 Å². The van der Waals surface area contributed by atoms with Crippen molar-refractivity contribution in [1.29, 1.82) is 0 Å². The molecule has 2 fully saturated rings. The predicted octanol–water partition coefficient (Wildman–Crippen LogP) is 2.28. The molecule has 1 aromatic heterocycles. The van der Waals surface area contributed by atoms with E-state index >= 15 is 0 Å². The van der Waals surface area contributed by atoms with E-state index in [4.69, 9.17) is 9.88 Å². The lowest BCUT2D eigenvalue weighted by atomic mass is 10.2. The van der Waals surface area contributed by atoms with E-state index in [1.54, 1.807) is 17.0 Å². The fourth-order valence-corrected chi connectivity index (χ4v) is 6.41. The highest BCUT2D eigenvalue weighted by Crippen LogP contribution is 2.39. The summed E-state index contributed by atoms with van der Waals surface area (Å²) in [4.78, 5) is 30.8. The van der Waals surface area contributed by atoms with Gasteiger partial charge in [-0.2, -0.15) is 0 Å². The third kappa shape index (κ3) is 8.65. The van der Waals surface area contributed by atoms with E-state index in [-0.39, 0.29) is 53.4 Å². The number of hydrogen-bond donors (Lipinski definition) is 1. The molecule has 2 aromatic rings. The molecule has 1 amide bonds. The molecule has 0 bridgehead atoms. The summed E-state index contributed by atoms with van der Waals surface area (Å²) in [6.07, 6.45) is -5.21. The van der Waals surface area contributed by atoms with Gasteiger partial charge in [-0.05, 0) is 17.7 Å². The van der Waals surface area contributed by atoms with Gasteiger partial charge in [0.15, 0.2) is 5.00 Å². The number of benzene rings is 1. The first kappa shape index (κ1) is 30.8. The first-order valence-corrected chi connectivity index (χ1v) is 14.9. The van der Waals surface area contributed by atoms with E-state index in [0.29, 0.717) is 13.1 Å². The molecule has 2 aliphatic heterocycles. The molecule has 0 atom stereocenters. The molecule has 13 nitrogen and oxygen atoms in total. The maximum absolute atomic E-state index is 12.5. The van der Waals surface area contributed by atoms with Gasteiger partial charge in [0.1, 0.15) is 16.6 Å². The molecule has 18 heteroatoms. The number of ether oxygens (including phenoxy) is 2. The molecule has 4 rings (SSSR count). The zero-order valence-electron chi connectivity index (χ0n) is 21.8. The van der Waals surface area contributed by atoms with E-state index in [9.17, 15) is 36.5 Å². The van der Waals surface area contributed by atoms with Gasteiger partial charge in [-0.3, -0.25) is 19.9 Å². The number of alkyl halides is 3. The van der Waals surface area contributed by atoms with E-state index in [0.717, 1.165) is 49.1 Å². The number of carbonyl (C=O) groups excluding carboxylic acids is 1. The van der Waals surface area contributed by atoms with Crippen LogP contribution in [0.15, 0.2) is 34.5 Å². The number of thiophene rings is 1. The smallest absolute Gasteiger partial charge is 0.448 e. The molecule has 0 aliphatic carbocycles. The lowest BCUT2D eigenvalue weighted by molar-refractivity contribution is -0.383. The molecule has 0 saturated carbocycles. The van der Waals surface area contributed by atoms with Gasteiger partial charge in [-0.25, -0.2) is 18.4 Å². The van der Waals surface area contributed by atoms with Gasteiger partial charge in [0.2, 0.25) is 10.0 Å². The predicted molar refractivity (Wildman–Crippen MR) is 142 cm³/mol. The van der Waals surface area contributed by atoms with Gasteiger partial charge >= 0.3 is 18.1 Å². The maximum atomic E-state index is 12.5. The van der Waals surface area contributed by atoms with Crippen LogP contribution in [-0.2, 0) is 21.3 Å². The Bertz CT molecular complexity index is 1320. The third-order valence-electron chi connectivity index (χ3n) is 6.63. The van der Waals surface area contributed by atoms with E-state index < -0.39 is 27.4 Å². The van der Waals surface area contributed by atoms with Crippen LogP contribution in [-0.4, -0.2) is 106 Å². The Morgan fingerprint density at radius 2 is 1.63 bits per heavy atom. The average molecular weight is 623 g/mol. The highest BCUT2D eigenvalue weighted by molar-refractivity contribution is 7.91. The van der Waals surface area contributed by atoms with Crippen molar-refractivity contribution in [3.05, 3.63) is 46.0 Å². The van der Waals surface area contributed by atoms with Gasteiger partial charge in [0.25, 0.3) is 0 Å². The van der Waals surface area contributed by atoms with Gasteiger partial charge in [-0.15, -0.1) is 13.2 Å². The summed E-state index contributed by atoms with van der Waals surface area (Å²) < 4.78 is 69.2. The number of hydrogen-bond acceptors (Lipinski definition) is 11. The number of nitro groups is 1. The SMILES string of the molecule is NS(=O)(=O)c1cc([N+](=O)[O-])c(N2CCN(C(=O)OCCN3CCN(Cc4ccc(OC(F)(F)F)cc4)CC3)CC2)s1. The lowest BCUT2D eigenvalue weighted by Gasteiger charge is -2.35. The van der Waals surface area contributed by atoms with Crippen molar-refractivity contribution < 1.29 is 40.8 Å². The van der Waals surface area contributed by atoms with E-state index in [1.165, 1.54) is 17.0 Å². The van der Waals surface area contributed by atoms with Gasteiger partial charge in [0, 0.05) is 71.5 Å². The number of sulfonamides is 1. The highest BCUT2D eigenvalue weighted by Gasteiger charge is 2.32. The van der Waals surface area contributed by atoms with Crippen molar-refractivity contribution >= 4 is 38.1 Å². The molecule has 2 aliphatic rings. The molecule has 0 radical (unpaired) electrons. The van der Waals surface area contributed by atoms with Gasteiger partial charge in [0.05, 0.1) is 4.92 Å². The quantitative estimate of drug-likeness (QED) is 0.326. The minimum atomic E-state index is -4.72. The van der Waals surface area contributed by atoms with Crippen molar-refractivity contribution in [1.82, 2.24) is 14.7 Å². The van der Waals surface area contributed by atoms with Crippen LogP contribution in [0.4, 0.5) is 28.7 Å². The lowest BCUT2D eigenvalue weighted by Crippen LogP contribution is -2.49. The van der Waals surface area contributed by atoms with Crippen molar-refractivity contribution in [2.75, 3.05) is 70.4 Å². The Labute approximate surface area is 238 Å². The molecule has 226 valence electrons. The number of anilines is 1. The number of nitrogens with two attached hydrogens (primary N) is 1. The monoisotopic (exact) mass is 622 g/mol. The highest BCUT2D eigenvalue weighted by atomic mass is 32.2. The van der Waals surface area contributed by atoms with Crippen molar-refractivity contribution in [2.24, 2.45) is 5.14 Å². The molecule has 41 heavy (non-hydrogen) atoms. The molecular formula is C23H29F3N6O7S2. The number of halogens is 3. The molecule has 0 unspecified atom stereocenters. The maximum Gasteiger partial charge on any atom is 0.573 e. The standard InChI is InChI=1S/C23H29F3N6O7S2/c24-23(25,26)39-18-3-1-17(2-4-18)16-29-7-5-28(6-8-29)13-14-38-22(33)31-11-9-30(10-12-31)21-19(32(34)35)15-20(40-21)41(27,36)37/h1-4,15H,5-14,16H2,(H2,27,36,37).